The Bertz CT molecular complexity index is 858. The van der Waals surface area contributed by atoms with E-state index in [1.54, 1.807) is 6.08 Å². The van der Waals surface area contributed by atoms with Crippen molar-refractivity contribution >= 4 is 17.5 Å². The molecule has 0 aliphatic heterocycles. The molecule has 4 aliphatic rings. The highest BCUT2D eigenvalue weighted by Crippen LogP contribution is 2.68. The second-order valence-electron chi connectivity index (χ2n) is 10.3. The molecule has 6 heteroatoms. The Labute approximate surface area is 177 Å². The number of carbonyl (C=O) groups is 3. The molecule has 0 saturated heterocycles. The fourth-order valence-corrected chi connectivity index (χ4v) is 7.45. The normalized spacial score (nSPS) is 45.2. The molecule has 0 aromatic carbocycles. The third kappa shape index (κ3) is 2.79. The monoisotopic (exact) mass is 416 g/mol. The van der Waals surface area contributed by atoms with Crippen LogP contribution in [0.25, 0.3) is 0 Å². The van der Waals surface area contributed by atoms with Crippen LogP contribution in [0.1, 0.15) is 59.3 Å². The number of aliphatic hydroxyl groups excluding tert-OH is 1. The molecular weight excluding hydrogens is 384 g/mol. The minimum Gasteiger partial charge on any atom is -0.458 e. The molecule has 0 amide bonds. The molecule has 0 aromatic heterocycles. The standard InChI is InChI=1S/C24H32O6/c1-13-9-16-17-6-8-24(29,20(28)12-30-14(2)25)23(17,4)11-19(27)21(16)22(3)7-5-15(26)10-18(13)22/h10,16-17,19,21,27,29H,1,5-9,11-12H2,2-4H3/t16?,17?,19?,21?,22-,23-,24-/m0/s1. The van der Waals surface area contributed by atoms with Crippen LogP contribution in [0.4, 0.5) is 0 Å². The van der Waals surface area contributed by atoms with Gasteiger partial charge in [0.05, 0.1) is 6.10 Å². The predicted octanol–water partition coefficient (Wildman–Crippen LogP) is 2.52. The van der Waals surface area contributed by atoms with Crippen molar-refractivity contribution in [2.45, 2.75) is 71.0 Å². The van der Waals surface area contributed by atoms with Gasteiger partial charge in [0.15, 0.2) is 12.4 Å². The van der Waals surface area contributed by atoms with Crippen LogP contribution in [0.2, 0.25) is 0 Å². The van der Waals surface area contributed by atoms with Crippen molar-refractivity contribution in [2.24, 2.45) is 28.6 Å². The lowest BCUT2D eigenvalue weighted by molar-refractivity contribution is -0.182. The average Bonchev–Trinajstić information content (AvgIpc) is 2.93. The summed E-state index contributed by atoms with van der Waals surface area (Å²) in [5, 5.41) is 22.9. The Morgan fingerprint density at radius 3 is 2.67 bits per heavy atom. The number of fused-ring (bicyclic) bond motifs is 5. The molecule has 0 heterocycles. The van der Waals surface area contributed by atoms with E-state index >= 15 is 0 Å². The zero-order valence-electron chi connectivity index (χ0n) is 18.1. The maximum Gasteiger partial charge on any atom is 0.303 e. The van der Waals surface area contributed by atoms with Gasteiger partial charge in [-0.15, -0.1) is 0 Å². The molecule has 0 bridgehead atoms. The first-order valence-corrected chi connectivity index (χ1v) is 10.9. The van der Waals surface area contributed by atoms with Gasteiger partial charge in [-0.05, 0) is 66.9 Å². The molecule has 0 aromatic rings. The number of aliphatic hydroxyl groups is 2. The third-order valence-electron chi connectivity index (χ3n) is 8.88. The first-order chi connectivity index (χ1) is 13.9. The molecule has 6 nitrogen and oxygen atoms in total. The minimum absolute atomic E-state index is 0.0358. The van der Waals surface area contributed by atoms with Crippen molar-refractivity contribution in [3.63, 3.8) is 0 Å². The largest absolute Gasteiger partial charge is 0.458 e. The van der Waals surface area contributed by atoms with Crippen LogP contribution in [0, 0.1) is 28.6 Å². The fraction of sp³-hybridized carbons (Fsp3) is 0.708. The molecule has 4 rings (SSSR count). The fourth-order valence-electron chi connectivity index (χ4n) is 7.45. The summed E-state index contributed by atoms with van der Waals surface area (Å²) in [5.74, 6) is -0.840. The van der Waals surface area contributed by atoms with E-state index in [1.807, 2.05) is 6.92 Å². The summed E-state index contributed by atoms with van der Waals surface area (Å²) in [5.41, 5.74) is -0.837. The maximum atomic E-state index is 12.9. The first kappa shape index (κ1) is 21.4. The van der Waals surface area contributed by atoms with Crippen molar-refractivity contribution in [1.82, 2.24) is 0 Å². The summed E-state index contributed by atoms with van der Waals surface area (Å²) >= 11 is 0. The number of ketones is 2. The summed E-state index contributed by atoms with van der Waals surface area (Å²) in [4.78, 5) is 36.1. The summed E-state index contributed by atoms with van der Waals surface area (Å²) in [6, 6.07) is 0. The number of rotatable bonds is 3. The van der Waals surface area contributed by atoms with Gasteiger partial charge < -0.3 is 14.9 Å². The minimum atomic E-state index is -1.63. The second kappa shape index (κ2) is 6.86. The van der Waals surface area contributed by atoms with Crippen LogP contribution in [0.5, 0.6) is 0 Å². The number of Topliss-reactive ketones (excluding diaryl/α,β-unsaturated/α-hetero) is 1. The van der Waals surface area contributed by atoms with Gasteiger partial charge in [-0.1, -0.05) is 26.0 Å². The van der Waals surface area contributed by atoms with Crippen LogP contribution in [0.15, 0.2) is 23.8 Å². The quantitative estimate of drug-likeness (QED) is 0.686. The zero-order valence-corrected chi connectivity index (χ0v) is 18.1. The summed E-state index contributed by atoms with van der Waals surface area (Å²) in [6.45, 7) is 9.08. The highest BCUT2D eigenvalue weighted by Gasteiger charge is 2.68. The number of hydrogen-bond donors (Lipinski definition) is 2. The van der Waals surface area contributed by atoms with Crippen molar-refractivity contribution in [3.05, 3.63) is 23.8 Å². The SMILES string of the molecule is C=C1CC2C(C(O)C[C@@]3(C)C2CC[C@]3(O)C(=O)COC(C)=O)[C@@]2(C)CCC(=O)C=C12. The number of hydrogen-bond acceptors (Lipinski definition) is 6. The van der Waals surface area contributed by atoms with E-state index in [0.717, 1.165) is 11.1 Å². The molecule has 2 N–H and O–H groups in total. The summed E-state index contributed by atoms with van der Waals surface area (Å²) < 4.78 is 4.89. The lowest BCUT2D eigenvalue weighted by Gasteiger charge is -2.60. The molecule has 3 fully saturated rings. The molecule has 30 heavy (non-hydrogen) atoms. The van der Waals surface area contributed by atoms with Crippen LogP contribution in [-0.4, -0.2) is 46.1 Å². The van der Waals surface area contributed by atoms with Gasteiger partial charge in [0, 0.05) is 18.8 Å². The van der Waals surface area contributed by atoms with Crippen LogP contribution >= 0.6 is 0 Å². The second-order valence-corrected chi connectivity index (χ2v) is 10.3. The molecule has 4 unspecified atom stereocenters. The first-order valence-electron chi connectivity index (χ1n) is 10.9. The molecule has 3 saturated carbocycles. The van der Waals surface area contributed by atoms with Gasteiger partial charge in [0.1, 0.15) is 5.60 Å². The highest BCUT2D eigenvalue weighted by atomic mass is 16.5. The van der Waals surface area contributed by atoms with Crippen LogP contribution in [-0.2, 0) is 19.1 Å². The Hall–Kier alpha value is -1.79. The molecule has 0 spiro atoms. The van der Waals surface area contributed by atoms with E-state index in [2.05, 4.69) is 13.5 Å². The van der Waals surface area contributed by atoms with E-state index in [-0.39, 0.29) is 29.0 Å². The van der Waals surface area contributed by atoms with Gasteiger partial charge in [0.2, 0.25) is 5.78 Å². The lowest BCUT2D eigenvalue weighted by Crippen LogP contribution is -2.62. The Morgan fingerprint density at radius 2 is 2.00 bits per heavy atom. The van der Waals surface area contributed by atoms with Crippen molar-refractivity contribution in [3.8, 4) is 0 Å². The number of ether oxygens (including phenoxy) is 1. The predicted molar refractivity (Wildman–Crippen MR) is 109 cm³/mol. The Morgan fingerprint density at radius 1 is 1.30 bits per heavy atom. The van der Waals surface area contributed by atoms with Gasteiger partial charge in [-0.2, -0.15) is 0 Å². The van der Waals surface area contributed by atoms with Crippen molar-refractivity contribution < 1.29 is 29.3 Å². The summed E-state index contributed by atoms with van der Waals surface area (Å²) in [7, 11) is 0. The van der Waals surface area contributed by atoms with Crippen LogP contribution < -0.4 is 0 Å². The molecule has 164 valence electrons. The van der Waals surface area contributed by atoms with E-state index in [9.17, 15) is 24.6 Å². The zero-order chi connectivity index (χ0) is 22.1. The molecule has 7 atom stereocenters. The third-order valence-corrected chi connectivity index (χ3v) is 8.88. The maximum absolute atomic E-state index is 12.9. The van der Waals surface area contributed by atoms with Gasteiger partial charge >= 0.3 is 5.97 Å². The average molecular weight is 417 g/mol. The Kier molecular flexibility index (Phi) is 4.90. The molecule has 0 radical (unpaired) electrons. The smallest absolute Gasteiger partial charge is 0.303 e. The van der Waals surface area contributed by atoms with E-state index < -0.39 is 35.5 Å². The number of allylic oxidation sites excluding steroid dienone is 2. The Balaban J connectivity index is 1.70. The number of carbonyl (C=O) groups excluding carboxylic acids is 3. The highest BCUT2D eigenvalue weighted by molar-refractivity contribution is 5.93. The van der Waals surface area contributed by atoms with Crippen LogP contribution in [0.3, 0.4) is 0 Å². The van der Waals surface area contributed by atoms with E-state index in [1.165, 1.54) is 6.92 Å². The van der Waals surface area contributed by atoms with Gasteiger partial charge in [-0.25, -0.2) is 0 Å². The molecular formula is C24H32O6. The van der Waals surface area contributed by atoms with Gasteiger partial charge in [-0.3, -0.25) is 14.4 Å². The van der Waals surface area contributed by atoms with Crippen molar-refractivity contribution in [1.29, 1.82) is 0 Å². The topological polar surface area (TPSA) is 101 Å². The van der Waals surface area contributed by atoms with Crippen molar-refractivity contribution in [2.75, 3.05) is 6.61 Å². The van der Waals surface area contributed by atoms with E-state index in [0.29, 0.717) is 38.5 Å². The lowest BCUT2D eigenvalue weighted by atomic mass is 9.44. The number of esters is 1. The molecule has 4 aliphatic carbocycles. The van der Waals surface area contributed by atoms with E-state index in [4.69, 9.17) is 4.74 Å². The summed E-state index contributed by atoms with van der Waals surface area (Å²) in [6.07, 6.45) is 4.12. The van der Waals surface area contributed by atoms with Gasteiger partial charge in [0.25, 0.3) is 0 Å².